The second kappa shape index (κ2) is 5.70. The molecular formula is C13H14N2OS. The lowest BCUT2D eigenvalue weighted by Crippen LogP contribution is -2.25. The molecule has 0 spiro atoms. The van der Waals surface area contributed by atoms with Crippen molar-refractivity contribution in [2.75, 3.05) is 13.6 Å². The molecular weight excluding hydrogens is 232 g/mol. The fourth-order valence-corrected chi connectivity index (χ4v) is 2.16. The zero-order valence-electron chi connectivity index (χ0n) is 9.67. The number of benzene rings is 1. The van der Waals surface area contributed by atoms with Gasteiger partial charge in [0.05, 0.1) is 17.7 Å². The number of Topliss-reactive ketones (excluding diaryl/α,β-unsaturated/α-hetero) is 1. The highest BCUT2D eigenvalue weighted by molar-refractivity contribution is 7.07. The van der Waals surface area contributed by atoms with Crippen LogP contribution in [-0.4, -0.2) is 29.3 Å². The van der Waals surface area contributed by atoms with Crippen LogP contribution < -0.4 is 0 Å². The van der Waals surface area contributed by atoms with Gasteiger partial charge in [0.15, 0.2) is 5.78 Å². The largest absolute Gasteiger partial charge is 0.293 e. The molecule has 0 aliphatic rings. The van der Waals surface area contributed by atoms with Crippen LogP contribution in [-0.2, 0) is 6.54 Å². The number of carbonyl (C=O) groups is 1. The number of rotatable bonds is 5. The third-order valence-electron chi connectivity index (χ3n) is 2.42. The van der Waals surface area contributed by atoms with E-state index in [1.54, 1.807) is 11.3 Å². The molecule has 0 N–H and O–H groups in total. The van der Waals surface area contributed by atoms with E-state index in [0.29, 0.717) is 13.1 Å². The number of thiazole rings is 1. The van der Waals surface area contributed by atoms with Gasteiger partial charge in [-0.1, -0.05) is 30.3 Å². The molecule has 0 atom stereocenters. The highest BCUT2D eigenvalue weighted by atomic mass is 32.1. The van der Waals surface area contributed by atoms with Gasteiger partial charge in [-0.15, -0.1) is 11.3 Å². The summed E-state index contributed by atoms with van der Waals surface area (Å²) in [5.74, 6) is 0.142. The van der Waals surface area contributed by atoms with Crippen LogP contribution in [0.5, 0.6) is 0 Å². The summed E-state index contributed by atoms with van der Waals surface area (Å²) in [5, 5.41) is 2.00. The third-order valence-corrected chi connectivity index (χ3v) is 3.06. The first-order chi connectivity index (χ1) is 8.25. The minimum Gasteiger partial charge on any atom is -0.293 e. The van der Waals surface area contributed by atoms with Crippen LogP contribution >= 0.6 is 11.3 Å². The zero-order chi connectivity index (χ0) is 12.1. The zero-order valence-corrected chi connectivity index (χ0v) is 10.5. The lowest BCUT2D eigenvalue weighted by atomic mass is 10.1. The molecule has 4 heteroatoms. The molecule has 0 unspecified atom stereocenters. The first-order valence-electron chi connectivity index (χ1n) is 5.39. The maximum atomic E-state index is 11.9. The molecule has 1 heterocycles. The summed E-state index contributed by atoms with van der Waals surface area (Å²) in [6.07, 6.45) is 0. The Morgan fingerprint density at radius 2 is 2.12 bits per heavy atom. The van der Waals surface area contributed by atoms with Crippen molar-refractivity contribution < 1.29 is 4.79 Å². The van der Waals surface area contributed by atoms with Crippen LogP contribution in [0, 0.1) is 0 Å². The number of hydrogen-bond donors (Lipinski definition) is 0. The number of hydrogen-bond acceptors (Lipinski definition) is 4. The van der Waals surface area contributed by atoms with E-state index >= 15 is 0 Å². The van der Waals surface area contributed by atoms with Crippen LogP contribution in [0.4, 0.5) is 0 Å². The van der Waals surface area contributed by atoms with Crippen LogP contribution in [0.3, 0.4) is 0 Å². The van der Waals surface area contributed by atoms with Crippen LogP contribution in [0.1, 0.15) is 16.1 Å². The molecule has 3 nitrogen and oxygen atoms in total. The van der Waals surface area contributed by atoms with Gasteiger partial charge in [-0.2, -0.15) is 0 Å². The summed E-state index contributed by atoms with van der Waals surface area (Å²) in [7, 11) is 1.93. The van der Waals surface area contributed by atoms with Crippen molar-refractivity contribution in [2.45, 2.75) is 6.54 Å². The quantitative estimate of drug-likeness (QED) is 0.760. The van der Waals surface area contributed by atoms with Crippen LogP contribution in [0.25, 0.3) is 0 Å². The second-order valence-corrected chi connectivity index (χ2v) is 4.66. The lowest BCUT2D eigenvalue weighted by Gasteiger charge is -2.14. The standard InChI is InChI=1S/C13H14N2OS/c1-15(7-12-9-17-10-14-12)8-13(16)11-5-3-2-4-6-11/h2-6,9-10H,7-8H2,1H3. The number of ketones is 1. The van der Waals surface area contributed by atoms with Crippen molar-refractivity contribution in [2.24, 2.45) is 0 Å². The average Bonchev–Trinajstić information content (AvgIpc) is 2.82. The monoisotopic (exact) mass is 246 g/mol. The number of aromatic nitrogens is 1. The maximum Gasteiger partial charge on any atom is 0.176 e. The Labute approximate surface area is 105 Å². The molecule has 88 valence electrons. The van der Waals surface area contributed by atoms with Gasteiger partial charge in [0, 0.05) is 17.5 Å². The minimum atomic E-state index is 0.142. The number of carbonyl (C=O) groups excluding carboxylic acids is 1. The van der Waals surface area contributed by atoms with Gasteiger partial charge in [0.2, 0.25) is 0 Å². The first-order valence-corrected chi connectivity index (χ1v) is 6.34. The molecule has 0 aliphatic carbocycles. The molecule has 17 heavy (non-hydrogen) atoms. The van der Waals surface area contributed by atoms with Gasteiger partial charge in [0.25, 0.3) is 0 Å². The summed E-state index contributed by atoms with van der Waals surface area (Å²) in [6.45, 7) is 1.13. The van der Waals surface area contributed by atoms with E-state index in [1.807, 2.05) is 53.2 Å². The van der Waals surface area contributed by atoms with Crippen molar-refractivity contribution in [3.63, 3.8) is 0 Å². The Kier molecular flexibility index (Phi) is 4.01. The fourth-order valence-electron chi connectivity index (χ4n) is 1.61. The predicted molar refractivity (Wildman–Crippen MR) is 69.2 cm³/mol. The smallest absolute Gasteiger partial charge is 0.176 e. The molecule has 0 saturated carbocycles. The van der Waals surface area contributed by atoms with Gasteiger partial charge < -0.3 is 0 Å². The Balaban J connectivity index is 1.91. The van der Waals surface area contributed by atoms with Crippen molar-refractivity contribution in [1.29, 1.82) is 0 Å². The summed E-state index contributed by atoms with van der Waals surface area (Å²) in [6, 6.07) is 9.37. The second-order valence-electron chi connectivity index (χ2n) is 3.94. The summed E-state index contributed by atoms with van der Waals surface area (Å²) < 4.78 is 0. The molecule has 0 saturated heterocycles. The Bertz CT molecular complexity index is 467. The van der Waals surface area contributed by atoms with Crippen molar-refractivity contribution in [3.05, 3.63) is 52.5 Å². The van der Waals surface area contributed by atoms with Gasteiger partial charge in [-0.05, 0) is 7.05 Å². The lowest BCUT2D eigenvalue weighted by molar-refractivity contribution is 0.0942. The molecule has 2 aromatic rings. The van der Waals surface area contributed by atoms with Gasteiger partial charge in [-0.3, -0.25) is 9.69 Å². The van der Waals surface area contributed by atoms with Crippen LogP contribution in [0.2, 0.25) is 0 Å². The molecule has 0 aliphatic heterocycles. The van der Waals surface area contributed by atoms with Crippen molar-refractivity contribution >= 4 is 17.1 Å². The molecule has 2 rings (SSSR count). The highest BCUT2D eigenvalue weighted by Gasteiger charge is 2.09. The van der Waals surface area contributed by atoms with Gasteiger partial charge in [0.1, 0.15) is 0 Å². The van der Waals surface area contributed by atoms with Gasteiger partial charge in [-0.25, -0.2) is 4.98 Å². The molecule has 1 aromatic heterocycles. The first kappa shape index (κ1) is 12.0. The fraction of sp³-hybridized carbons (Fsp3) is 0.231. The number of nitrogens with zero attached hydrogens (tertiary/aromatic N) is 2. The normalized spacial score (nSPS) is 10.7. The van der Waals surface area contributed by atoms with E-state index < -0.39 is 0 Å². The summed E-state index contributed by atoms with van der Waals surface area (Å²) in [4.78, 5) is 18.1. The van der Waals surface area contributed by atoms with E-state index in [-0.39, 0.29) is 5.78 Å². The Morgan fingerprint density at radius 1 is 1.35 bits per heavy atom. The molecule has 0 bridgehead atoms. The van der Waals surface area contributed by atoms with E-state index in [2.05, 4.69) is 4.98 Å². The predicted octanol–water partition coefficient (Wildman–Crippen LogP) is 2.46. The molecule has 0 fully saturated rings. The average molecular weight is 246 g/mol. The van der Waals surface area contributed by atoms with Crippen molar-refractivity contribution in [3.8, 4) is 0 Å². The van der Waals surface area contributed by atoms with E-state index in [0.717, 1.165) is 11.3 Å². The minimum absolute atomic E-state index is 0.142. The Hall–Kier alpha value is -1.52. The summed E-state index contributed by atoms with van der Waals surface area (Å²) >= 11 is 1.57. The maximum absolute atomic E-state index is 11.9. The van der Waals surface area contributed by atoms with E-state index in [9.17, 15) is 4.79 Å². The number of likely N-dealkylation sites (N-methyl/N-ethyl adjacent to an activating group) is 1. The topological polar surface area (TPSA) is 33.2 Å². The third kappa shape index (κ3) is 3.47. The SMILES string of the molecule is CN(CC(=O)c1ccccc1)Cc1cscn1. The van der Waals surface area contributed by atoms with Crippen LogP contribution in [0.15, 0.2) is 41.2 Å². The highest BCUT2D eigenvalue weighted by Crippen LogP contribution is 2.06. The van der Waals surface area contributed by atoms with Gasteiger partial charge >= 0.3 is 0 Å². The van der Waals surface area contributed by atoms with Crippen molar-refractivity contribution in [1.82, 2.24) is 9.88 Å². The van der Waals surface area contributed by atoms with E-state index in [4.69, 9.17) is 0 Å². The molecule has 0 amide bonds. The molecule has 0 radical (unpaired) electrons. The van der Waals surface area contributed by atoms with E-state index in [1.165, 1.54) is 0 Å². The summed E-state index contributed by atoms with van der Waals surface area (Å²) in [5.41, 5.74) is 3.58. The molecule has 1 aromatic carbocycles. The Morgan fingerprint density at radius 3 is 2.76 bits per heavy atom.